The van der Waals surface area contributed by atoms with E-state index < -0.39 is 0 Å². The molecule has 0 aliphatic carbocycles. The zero-order chi connectivity index (χ0) is 18.8. The number of nitrogens with one attached hydrogen (secondary N) is 3. The van der Waals surface area contributed by atoms with Crippen LogP contribution < -0.4 is 20.7 Å². The SMILES string of the molecule is CCNC(=NCc1ccnn1C)NCCOc1cccc(NC(C)=O)c1. The third-order valence-corrected chi connectivity index (χ3v) is 3.48. The van der Waals surface area contributed by atoms with E-state index in [4.69, 9.17) is 4.74 Å². The maximum Gasteiger partial charge on any atom is 0.221 e. The van der Waals surface area contributed by atoms with E-state index in [0.29, 0.717) is 31.1 Å². The Morgan fingerprint density at radius 3 is 2.85 bits per heavy atom. The molecule has 0 atom stereocenters. The van der Waals surface area contributed by atoms with Crippen LogP contribution >= 0.6 is 0 Å². The van der Waals surface area contributed by atoms with Gasteiger partial charge in [-0.3, -0.25) is 9.48 Å². The molecule has 3 N–H and O–H groups in total. The lowest BCUT2D eigenvalue weighted by atomic mass is 10.3. The summed E-state index contributed by atoms with van der Waals surface area (Å²) in [5.74, 6) is 1.32. The standard InChI is InChI=1S/C18H26N6O2/c1-4-19-18(21-13-16-8-9-22-24(16)3)20-10-11-26-17-7-5-6-15(12-17)23-14(2)25/h5-9,12H,4,10-11,13H2,1-3H3,(H,23,25)(H2,19,20,21). The molecule has 8 heteroatoms. The molecule has 0 spiro atoms. The number of hydrogen-bond donors (Lipinski definition) is 3. The number of benzene rings is 1. The first-order valence-corrected chi connectivity index (χ1v) is 8.58. The zero-order valence-electron chi connectivity index (χ0n) is 15.5. The van der Waals surface area contributed by atoms with Crippen LogP contribution in [0.15, 0.2) is 41.5 Å². The minimum atomic E-state index is -0.108. The summed E-state index contributed by atoms with van der Waals surface area (Å²) in [6.45, 7) is 5.89. The summed E-state index contributed by atoms with van der Waals surface area (Å²) in [4.78, 5) is 15.6. The van der Waals surface area contributed by atoms with Gasteiger partial charge in [-0.2, -0.15) is 5.10 Å². The zero-order valence-corrected chi connectivity index (χ0v) is 15.5. The van der Waals surface area contributed by atoms with Gasteiger partial charge in [-0.05, 0) is 25.1 Å². The number of ether oxygens (including phenoxy) is 1. The number of carbonyl (C=O) groups is 1. The van der Waals surface area contributed by atoms with Crippen molar-refractivity contribution in [3.8, 4) is 5.75 Å². The highest BCUT2D eigenvalue weighted by atomic mass is 16.5. The molecule has 26 heavy (non-hydrogen) atoms. The molecule has 1 amide bonds. The van der Waals surface area contributed by atoms with E-state index in [2.05, 4.69) is 26.0 Å². The van der Waals surface area contributed by atoms with Crippen LogP contribution in [-0.4, -0.2) is 41.3 Å². The Hall–Kier alpha value is -3.03. The van der Waals surface area contributed by atoms with Gasteiger partial charge in [0.2, 0.25) is 5.91 Å². The van der Waals surface area contributed by atoms with E-state index in [9.17, 15) is 4.79 Å². The summed E-state index contributed by atoms with van der Waals surface area (Å²) in [5, 5.41) is 13.3. The van der Waals surface area contributed by atoms with E-state index in [1.165, 1.54) is 6.92 Å². The molecule has 0 saturated heterocycles. The van der Waals surface area contributed by atoms with Crippen LogP contribution in [0.3, 0.4) is 0 Å². The Bertz CT molecular complexity index is 741. The van der Waals surface area contributed by atoms with Gasteiger partial charge in [-0.25, -0.2) is 4.99 Å². The minimum absolute atomic E-state index is 0.108. The van der Waals surface area contributed by atoms with Gasteiger partial charge in [-0.1, -0.05) is 6.07 Å². The molecule has 0 fully saturated rings. The summed E-state index contributed by atoms with van der Waals surface area (Å²) < 4.78 is 7.52. The monoisotopic (exact) mass is 358 g/mol. The highest BCUT2D eigenvalue weighted by Crippen LogP contribution is 2.16. The second kappa shape index (κ2) is 10.1. The van der Waals surface area contributed by atoms with Crippen molar-refractivity contribution in [1.29, 1.82) is 0 Å². The molecular weight excluding hydrogens is 332 g/mol. The van der Waals surface area contributed by atoms with E-state index in [-0.39, 0.29) is 5.91 Å². The van der Waals surface area contributed by atoms with E-state index in [1.54, 1.807) is 16.9 Å². The van der Waals surface area contributed by atoms with Crippen molar-refractivity contribution < 1.29 is 9.53 Å². The normalized spacial score (nSPS) is 11.1. The summed E-state index contributed by atoms with van der Waals surface area (Å²) in [6.07, 6.45) is 1.76. The molecule has 1 aromatic heterocycles. The van der Waals surface area contributed by atoms with Gasteiger partial charge < -0.3 is 20.7 Å². The highest BCUT2D eigenvalue weighted by molar-refractivity contribution is 5.88. The predicted molar refractivity (Wildman–Crippen MR) is 102 cm³/mol. The van der Waals surface area contributed by atoms with Gasteiger partial charge >= 0.3 is 0 Å². The fourth-order valence-corrected chi connectivity index (χ4v) is 2.26. The lowest BCUT2D eigenvalue weighted by molar-refractivity contribution is -0.114. The third kappa shape index (κ3) is 6.46. The molecule has 0 aliphatic heterocycles. The van der Waals surface area contributed by atoms with Crippen molar-refractivity contribution in [3.05, 3.63) is 42.2 Å². The van der Waals surface area contributed by atoms with Crippen molar-refractivity contribution in [3.63, 3.8) is 0 Å². The number of anilines is 1. The first-order chi connectivity index (χ1) is 12.6. The number of rotatable bonds is 8. The van der Waals surface area contributed by atoms with Crippen molar-refractivity contribution in [2.75, 3.05) is 25.0 Å². The number of aromatic nitrogens is 2. The quantitative estimate of drug-likeness (QED) is 0.378. The van der Waals surface area contributed by atoms with Gasteiger partial charge in [-0.15, -0.1) is 0 Å². The van der Waals surface area contributed by atoms with Crippen LogP contribution in [0.4, 0.5) is 5.69 Å². The molecule has 1 heterocycles. The van der Waals surface area contributed by atoms with Crippen LogP contribution in [0.25, 0.3) is 0 Å². The van der Waals surface area contributed by atoms with Crippen molar-refractivity contribution in [1.82, 2.24) is 20.4 Å². The first kappa shape index (κ1) is 19.3. The molecule has 2 aromatic rings. The smallest absolute Gasteiger partial charge is 0.221 e. The number of amides is 1. The summed E-state index contributed by atoms with van der Waals surface area (Å²) in [5.41, 5.74) is 1.75. The van der Waals surface area contributed by atoms with Gasteiger partial charge in [0.25, 0.3) is 0 Å². The second-order valence-electron chi connectivity index (χ2n) is 5.63. The minimum Gasteiger partial charge on any atom is -0.492 e. The summed E-state index contributed by atoms with van der Waals surface area (Å²) in [7, 11) is 1.90. The van der Waals surface area contributed by atoms with Gasteiger partial charge in [0.1, 0.15) is 12.4 Å². The predicted octanol–water partition coefficient (Wildman–Crippen LogP) is 1.51. The Labute approximate surface area is 153 Å². The third-order valence-electron chi connectivity index (χ3n) is 3.48. The first-order valence-electron chi connectivity index (χ1n) is 8.58. The van der Waals surface area contributed by atoms with Gasteiger partial charge in [0, 0.05) is 38.5 Å². The molecule has 0 bridgehead atoms. The van der Waals surface area contributed by atoms with E-state index >= 15 is 0 Å². The fourth-order valence-electron chi connectivity index (χ4n) is 2.26. The van der Waals surface area contributed by atoms with Crippen molar-refractivity contribution in [2.45, 2.75) is 20.4 Å². The molecule has 0 unspecified atom stereocenters. The van der Waals surface area contributed by atoms with Crippen LogP contribution in [-0.2, 0) is 18.4 Å². The van der Waals surface area contributed by atoms with Gasteiger partial charge in [0.15, 0.2) is 5.96 Å². The average Bonchev–Trinajstić information content (AvgIpc) is 3.01. The van der Waals surface area contributed by atoms with Gasteiger partial charge in [0.05, 0.1) is 18.8 Å². The number of hydrogen-bond acceptors (Lipinski definition) is 4. The molecular formula is C18H26N6O2. The highest BCUT2D eigenvalue weighted by Gasteiger charge is 2.02. The Kier molecular flexibility index (Phi) is 7.48. The van der Waals surface area contributed by atoms with Crippen LogP contribution in [0.1, 0.15) is 19.5 Å². The molecule has 0 aliphatic rings. The fraction of sp³-hybridized carbons (Fsp3) is 0.389. The van der Waals surface area contributed by atoms with E-state index in [0.717, 1.165) is 18.2 Å². The molecule has 140 valence electrons. The molecule has 2 rings (SSSR count). The summed E-state index contributed by atoms with van der Waals surface area (Å²) in [6, 6.07) is 9.25. The Morgan fingerprint density at radius 1 is 1.31 bits per heavy atom. The maximum atomic E-state index is 11.1. The molecule has 0 saturated carbocycles. The van der Waals surface area contributed by atoms with Crippen LogP contribution in [0.5, 0.6) is 5.75 Å². The number of carbonyl (C=O) groups excluding carboxylic acids is 1. The average molecular weight is 358 g/mol. The molecule has 1 aromatic carbocycles. The summed E-state index contributed by atoms with van der Waals surface area (Å²) >= 11 is 0. The lowest BCUT2D eigenvalue weighted by Gasteiger charge is -2.12. The molecule has 8 nitrogen and oxygen atoms in total. The maximum absolute atomic E-state index is 11.1. The van der Waals surface area contributed by atoms with E-state index in [1.807, 2.05) is 38.2 Å². The number of aliphatic imine (C=N–C) groups is 1. The van der Waals surface area contributed by atoms with Crippen molar-refractivity contribution in [2.24, 2.45) is 12.0 Å². The number of guanidine groups is 1. The number of aryl methyl sites for hydroxylation is 1. The largest absolute Gasteiger partial charge is 0.492 e. The topological polar surface area (TPSA) is 92.6 Å². The number of nitrogens with zero attached hydrogens (tertiary/aromatic N) is 3. The van der Waals surface area contributed by atoms with Crippen LogP contribution in [0, 0.1) is 0 Å². The van der Waals surface area contributed by atoms with Crippen molar-refractivity contribution >= 4 is 17.6 Å². The lowest BCUT2D eigenvalue weighted by Crippen LogP contribution is -2.39. The van der Waals surface area contributed by atoms with Crippen LogP contribution in [0.2, 0.25) is 0 Å². The Balaban J connectivity index is 1.80. The Morgan fingerprint density at radius 2 is 2.15 bits per heavy atom. The molecule has 0 radical (unpaired) electrons. The second-order valence-corrected chi connectivity index (χ2v) is 5.63.